The van der Waals surface area contributed by atoms with Crippen LogP contribution in [0.15, 0.2) is 40.6 Å². The van der Waals surface area contributed by atoms with Crippen molar-refractivity contribution in [1.82, 2.24) is 0 Å². The van der Waals surface area contributed by atoms with E-state index in [-0.39, 0.29) is 0 Å². The van der Waals surface area contributed by atoms with Gasteiger partial charge in [0.05, 0.1) is 5.70 Å². The summed E-state index contributed by atoms with van der Waals surface area (Å²) in [5.74, 6) is 0. The molecule has 1 heterocycles. The Kier molecular flexibility index (Phi) is 2.21. The van der Waals surface area contributed by atoms with Crippen molar-refractivity contribution in [3.05, 3.63) is 35.6 Å². The summed E-state index contributed by atoms with van der Waals surface area (Å²) in [7, 11) is 0. The minimum Gasteiger partial charge on any atom is -0.261 e. The lowest BCUT2D eigenvalue weighted by Gasteiger charge is -2.11. The van der Waals surface area contributed by atoms with E-state index in [4.69, 9.17) is 0 Å². The van der Waals surface area contributed by atoms with Crippen LogP contribution in [0.2, 0.25) is 0 Å². The number of rotatable bonds is 1. The molecule has 0 radical (unpaired) electrons. The number of hydrogen-bond donors (Lipinski definition) is 0. The molecule has 0 saturated heterocycles. The molecule has 0 amide bonds. The molecular formula is C11H13N. The molecule has 0 unspecified atom stereocenters. The number of hydrogen-bond acceptors (Lipinski definition) is 1. The maximum Gasteiger partial charge on any atom is 0.0618 e. The van der Waals surface area contributed by atoms with Gasteiger partial charge in [0.25, 0.3) is 0 Å². The fraction of sp³-hybridized carbons (Fsp3) is 0.364. The average molecular weight is 159 g/mol. The highest BCUT2D eigenvalue weighted by atomic mass is 14.7. The molecule has 0 spiro atoms. The number of allylic oxidation sites excluding steroid dienone is 5. The van der Waals surface area contributed by atoms with Crippen LogP contribution in [0.5, 0.6) is 0 Å². The van der Waals surface area contributed by atoms with Crippen molar-refractivity contribution in [1.29, 1.82) is 0 Å². The van der Waals surface area contributed by atoms with Gasteiger partial charge < -0.3 is 0 Å². The van der Waals surface area contributed by atoms with Gasteiger partial charge in [-0.1, -0.05) is 24.3 Å². The van der Waals surface area contributed by atoms with Gasteiger partial charge in [-0.2, -0.15) is 0 Å². The molecule has 12 heavy (non-hydrogen) atoms. The summed E-state index contributed by atoms with van der Waals surface area (Å²) >= 11 is 0. The van der Waals surface area contributed by atoms with Gasteiger partial charge in [0.1, 0.15) is 0 Å². The first kappa shape index (κ1) is 7.53. The highest BCUT2D eigenvalue weighted by Gasteiger charge is 2.06. The van der Waals surface area contributed by atoms with Crippen LogP contribution in [0.25, 0.3) is 0 Å². The molecule has 0 saturated carbocycles. The van der Waals surface area contributed by atoms with E-state index >= 15 is 0 Å². The summed E-state index contributed by atoms with van der Waals surface area (Å²) in [5, 5.41) is 0. The molecule has 2 rings (SSSR count). The molecule has 1 heteroatoms. The lowest BCUT2D eigenvalue weighted by atomic mass is 10.0. The van der Waals surface area contributed by atoms with Crippen molar-refractivity contribution in [3.8, 4) is 0 Å². The van der Waals surface area contributed by atoms with Crippen LogP contribution in [0.3, 0.4) is 0 Å². The third-order valence-corrected chi connectivity index (χ3v) is 2.21. The lowest BCUT2D eigenvalue weighted by molar-refractivity contribution is 0.941. The molecule has 2 aliphatic rings. The van der Waals surface area contributed by atoms with Crippen LogP contribution < -0.4 is 0 Å². The Morgan fingerprint density at radius 1 is 1.17 bits per heavy atom. The Morgan fingerprint density at radius 3 is 2.83 bits per heavy atom. The Morgan fingerprint density at radius 2 is 2.17 bits per heavy atom. The molecule has 1 nitrogen and oxygen atoms in total. The van der Waals surface area contributed by atoms with Crippen LogP contribution >= 0.6 is 0 Å². The van der Waals surface area contributed by atoms with Crippen LogP contribution in [-0.2, 0) is 0 Å². The van der Waals surface area contributed by atoms with E-state index in [0.717, 1.165) is 19.3 Å². The summed E-state index contributed by atoms with van der Waals surface area (Å²) in [6.45, 7) is 0. The highest BCUT2D eigenvalue weighted by Crippen LogP contribution is 2.23. The summed E-state index contributed by atoms with van der Waals surface area (Å²) in [4.78, 5) is 4.39. The second-order valence-electron chi connectivity index (χ2n) is 3.14. The largest absolute Gasteiger partial charge is 0.261 e. The van der Waals surface area contributed by atoms with E-state index in [1.165, 1.54) is 17.7 Å². The maximum atomic E-state index is 4.39. The van der Waals surface area contributed by atoms with E-state index in [1.807, 2.05) is 6.21 Å². The Hall–Kier alpha value is -1.11. The normalized spacial score (nSPS) is 22.0. The molecule has 0 aromatic heterocycles. The Labute approximate surface area is 73.2 Å². The SMILES string of the molecule is C1=CCCC(C2=CCCC=N2)=C1. The third-order valence-electron chi connectivity index (χ3n) is 2.21. The van der Waals surface area contributed by atoms with E-state index in [1.54, 1.807) is 0 Å². The number of nitrogens with zero attached hydrogens (tertiary/aromatic N) is 1. The topological polar surface area (TPSA) is 12.4 Å². The lowest BCUT2D eigenvalue weighted by Crippen LogP contribution is -1.94. The van der Waals surface area contributed by atoms with Crippen LogP contribution in [0.1, 0.15) is 25.7 Å². The molecule has 0 aromatic rings. The average Bonchev–Trinajstić information content (AvgIpc) is 2.21. The summed E-state index contributed by atoms with van der Waals surface area (Å²) in [5.41, 5.74) is 2.60. The van der Waals surface area contributed by atoms with Crippen molar-refractivity contribution >= 4 is 6.21 Å². The second-order valence-corrected chi connectivity index (χ2v) is 3.14. The first-order valence-electron chi connectivity index (χ1n) is 4.55. The molecule has 62 valence electrons. The Bertz CT molecular complexity index is 279. The quantitative estimate of drug-likeness (QED) is 0.557. The van der Waals surface area contributed by atoms with Crippen molar-refractivity contribution in [3.63, 3.8) is 0 Å². The molecule has 0 fully saturated rings. The third kappa shape index (κ3) is 1.55. The van der Waals surface area contributed by atoms with Gasteiger partial charge >= 0.3 is 0 Å². The van der Waals surface area contributed by atoms with Crippen LogP contribution in [0, 0.1) is 0 Å². The van der Waals surface area contributed by atoms with Gasteiger partial charge in [0, 0.05) is 6.21 Å². The molecule has 0 bridgehead atoms. The minimum absolute atomic E-state index is 1.10. The molecule has 0 atom stereocenters. The first-order chi connectivity index (χ1) is 5.97. The monoisotopic (exact) mass is 159 g/mol. The van der Waals surface area contributed by atoms with Crippen molar-refractivity contribution in [2.45, 2.75) is 25.7 Å². The van der Waals surface area contributed by atoms with Gasteiger partial charge in [0.15, 0.2) is 0 Å². The van der Waals surface area contributed by atoms with Crippen molar-refractivity contribution in [2.75, 3.05) is 0 Å². The molecule has 1 aliphatic heterocycles. The molecular weight excluding hydrogens is 146 g/mol. The summed E-state index contributed by atoms with van der Waals surface area (Å²) in [6, 6.07) is 0. The number of aliphatic imine (C=N–C) groups is 1. The standard InChI is InChI=1S/C11H13N/c1-2-6-10(7-3-1)11-8-4-5-9-12-11/h1-2,6,8-9H,3-5,7H2. The van der Waals surface area contributed by atoms with E-state index in [9.17, 15) is 0 Å². The first-order valence-corrected chi connectivity index (χ1v) is 4.55. The predicted molar refractivity (Wildman–Crippen MR) is 52.3 cm³/mol. The Balaban J connectivity index is 2.17. The van der Waals surface area contributed by atoms with Crippen molar-refractivity contribution < 1.29 is 0 Å². The fourth-order valence-electron chi connectivity index (χ4n) is 1.54. The molecule has 1 aliphatic carbocycles. The zero-order chi connectivity index (χ0) is 8.23. The van der Waals surface area contributed by atoms with Gasteiger partial charge in [-0.05, 0) is 31.3 Å². The minimum atomic E-state index is 1.10. The highest BCUT2D eigenvalue weighted by molar-refractivity contribution is 5.62. The van der Waals surface area contributed by atoms with E-state index in [2.05, 4.69) is 29.3 Å². The van der Waals surface area contributed by atoms with Gasteiger partial charge in [-0.25, -0.2) is 0 Å². The van der Waals surface area contributed by atoms with Gasteiger partial charge in [-0.3, -0.25) is 4.99 Å². The summed E-state index contributed by atoms with van der Waals surface area (Å²) in [6.07, 6.45) is 15.3. The molecule has 0 aromatic carbocycles. The second kappa shape index (κ2) is 3.53. The summed E-state index contributed by atoms with van der Waals surface area (Å²) < 4.78 is 0. The predicted octanol–water partition coefficient (Wildman–Crippen LogP) is 3.01. The van der Waals surface area contributed by atoms with E-state index < -0.39 is 0 Å². The van der Waals surface area contributed by atoms with Crippen molar-refractivity contribution in [2.24, 2.45) is 4.99 Å². The zero-order valence-electron chi connectivity index (χ0n) is 7.16. The maximum absolute atomic E-state index is 4.39. The molecule has 0 N–H and O–H groups in total. The fourth-order valence-corrected chi connectivity index (χ4v) is 1.54. The van der Waals surface area contributed by atoms with E-state index in [0.29, 0.717) is 0 Å². The van der Waals surface area contributed by atoms with Gasteiger partial charge in [0.2, 0.25) is 0 Å². The van der Waals surface area contributed by atoms with Crippen LogP contribution in [-0.4, -0.2) is 6.21 Å². The van der Waals surface area contributed by atoms with Gasteiger partial charge in [-0.15, -0.1) is 0 Å². The smallest absolute Gasteiger partial charge is 0.0618 e. The van der Waals surface area contributed by atoms with Crippen LogP contribution in [0.4, 0.5) is 0 Å². The zero-order valence-corrected chi connectivity index (χ0v) is 7.16.